The summed E-state index contributed by atoms with van der Waals surface area (Å²) in [4.78, 5) is 19.7. The average Bonchev–Trinajstić information content (AvgIpc) is 2.96. The van der Waals surface area contributed by atoms with Crippen LogP contribution in [0.4, 0.5) is 30.8 Å². The number of hydrogen-bond donors (Lipinski definition) is 1. The molecule has 0 amide bonds. The molecule has 8 nitrogen and oxygen atoms in total. The Morgan fingerprint density at radius 2 is 1.63 bits per heavy atom. The lowest BCUT2D eigenvalue weighted by molar-refractivity contribution is -0.137. The fourth-order valence-corrected chi connectivity index (χ4v) is 4.82. The van der Waals surface area contributed by atoms with Crippen LogP contribution in [-0.2, 0) is 17.3 Å². The van der Waals surface area contributed by atoms with Gasteiger partial charge < -0.3 is 24.5 Å². The highest BCUT2D eigenvalue weighted by Gasteiger charge is 2.36. The molecule has 2 aliphatic heterocycles. The van der Waals surface area contributed by atoms with E-state index in [1.165, 1.54) is 12.3 Å². The Labute approximate surface area is 219 Å². The molecule has 0 radical (unpaired) electrons. The largest absolute Gasteiger partial charge is 0.419 e. The van der Waals surface area contributed by atoms with Crippen LogP contribution in [0.25, 0.3) is 11.3 Å². The fourth-order valence-electron chi connectivity index (χ4n) is 4.82. The average molecular weight is 529 g/mol. The Hall–Kier alpha value is -3.44. The minimum absolute atomic E-state index is 0.0308. The molecule has 4 heterocycles. The number of nitrogens with zero attached hydrogens (tertiary/aromatic N) is 6. The zero-order valence-corrected chi connectivity index (χ0v) is 21.1. The Bertz CT molecular complexity index is 1230. The van der Waals surface area contributed by atoms with E-state index in [0.29, 0.717) is 64.9 Å². The molecule has 2 saturated heterocycles. The van der Waals surface area contributed by atoms with Gasteiger partial charge in [0.25, 0.3) is 0 Å². The zero-order valence-electron chi connectivity index (χ0n) is 21.1. The van der Waals surface area contributed by atoms with Crippen LogP contribution in [0.2, 0.25) is 0 Å². The third-order valence-electron chi connectivity index (χ3n) is 6.84. The number of aliphatic hydroxyl groups excluding tert-OH is 1. The van der Waals surface area contributed by atoms with Gasteiger partial charge in [-0.1, -0.05) is 18.2 Å². The van der Waals surface area contributed by atoms with Gasteiger partial charge in [-0.2, -0.15) is 18.2 Å². The van der Waals surface area contributed by atoms with Gasteiger partial charge in [0, 0.05) is 63.7 Å². The lowest BCUT2D eigenvalue weighted by atomic mass is 10.0. The molecule has 2 fully saturated rings. The van der Waals surface area contributed by atoms with Crippen molar-refractivity contribution in [2.24, 2.45) is 0 Å². The minimum Gasteiger partial charge on any atom is -0.396 e. The number of anilines is 3. The second kappa shape index (κ2) is 11.5. The number of hydrogen-bond acceptors (Lipinski definition) is 8. The molecule has 1 N–H and O–H groups in total. The predicted molar refractivity (Wildman–Crippen MR) is 140 cm³/mol. The number of pyridine rings is 1. The van der Waals surface area contributed by atoms with Gasteiger partial charge in [-0.15, -0.1) is 0 Å². The van der Waals surface area contributed by atoms with Gasteiger partial charge in [0.15, 0.2) is 0 Å². The van der Waals surface area contributed by atoms with Crippen molar-refractivity contribution in [3.63, 3.8) is 0 Å². The second-order valence-corrected chi connectivity index (χ2v) is 9.38. The van der Waals surface area contributed by atoms with E-state index in [9.17, 15) is 18.3 Å². The number of ether oxygens (including phenoxy) is 1. The maximum Gasteiger partial charge on any atom is 0.419 e. The molecule has 0 bridgehead atoms. The van der Waals surface area contributed by atoms with Crippen molar-refractivity contribution in [3.8, 4) is 11.3 Å². The van der Waals surface area contributed by atoms with Gasteiger partial charge in [0.2, 0.25) is 5.95 Å². The first kappa shape index (κ1) is 26.2. The molecule has 0 saturated carbocycles. The summed E-state index contributed by atoms with van der Waals surface area (Å²) in [5, 5.41) is 9.22. The highest BCUT2D eigenvalue weighted by Crippen LogP contribution is 2.36. The van der Waals surface area contributed by atoms with Gasteiger partial charge >= 0.3 is 6.18 Å². The van der Waals surface area contributed by atoms with Gasteiger partial charge in [-0.05, 0) is 36.6 Å². The minimum atomic E-state index is -4.46. The molecule has 202 valence electrons. The summed E-state index contributed by atoms with van der Waals surface area (Å²) in [5.74, 6) is 1.33. The first-order valence-corrected chi connectivity index (χ1v) is 12.9. The summed E-state index contributed by atoms with van der Waals surface area (Å²) in [6, 6.07) is 12.5. The Balaban J connectivity index is 1.41. The molecule has 2 aliphatic rings. The van der Waals surface area contributed by atoms with Crippen LogP contribution in [0.3, 0.4) is 0 Å². The number of morpholine rings is 1. The SMILES string of the molecule is OCCCc1cccc(-c2cc(N3CCN(c4ncccc4C(F)(F)F)CC3)nc(N3CCOCC3)n2)c1. The van der Waals surface area contributed by atoms with Gasteiger partial charge in [0.05, 0.1) is 24.5 Å². The van der Waals surface area contributed by atoms with Crippen molar-refractivity contribution >= 4 is 17.6 Å². The second-order valence-electron chi connectivity index (χ2n) is 9.38. The lowest BCUT2D eigenvalue weighted by Crippen LogP contribution is -2.48. The van der Waals surface area contributed by atoms with Crippen LogP contribution in [-0.4, -0.2) is 79.1 Å². The van der Waals surface area contributed by atoms with Crippen molar-refractivity contribution in [2.75, 3.05) is 73.8 Å². The van der Waals surface area contributed by atoms with E-state index in [1.807, 2.05) is 24.3 Å². The molecule has 1 aromatic carbocycles. The Kier molecular flexibility index (Phi) is 7.94. The molecular weight excluding hydrogens is 497 g/mol. The topological polar surface area (TPSA) is 77.9 Å². The number of halogens is 3. The number of benzene rings is 1. The summed E-state index contributed by atoms with van der Waals surface area (Å²) < 4.78 is 46.2. The number of piperazine rings is 1. The first-order valence-electron chi connectivity index (χ1n) is 12.9. The molecule has 0 aliphatic carbocycles. The number of aromatic nitrogens is 3. The van der Waals surface area contributed by atoms with E-state index in [-0.39, 0.29) is 12.4 Å². The quantitative estimate of drug-likeness (QED) is 0.498. The number of alkyl halides is 3. The van der Waals surface area contributed by atoms with Crippen molar-refractivity contribution in [3.05, 3.63) is 59.8 Å². The molecule has 0 spiro atoms. The molecule has 2 aromatic heterocycles. The maximum atomic E-state index is 13.5. The van der Waals surface area contributed by atoms with Crippen LogP contribution < -0.4 is 14.7 Å². The van der Waals surface area contributed by atoms with E-state index in [4.69, 9.17) is 14.7 Å². The van der Waals surface area contributed by atoms with Crippen LogP contribution in [0.15, 0.2) is 48.7 Å². The van der Waals surface area contributed by atoms with E-state index in [0.717, 1.165) is 35.1 Å². The third kappa shape index (κ3) is 5.99. The summed E-state index contributed by atoms with van der Waals surface area (Å²) in [5.41, 5.74) is 2.15. The lowest BCUT2D eigenvalue weighted by Gasteiger charge is -2.37. The summed E-state index contributed by atoms with van der Waals surface area (Å²) in [6.45, 7) is 4.50. The Morgan fingerprint density at radius 3 is 2.37 bits per heavy atom. The van der Waals surface area contributed by atoms with E-state index < -0.39 is 11.7 Å². The monoisotopic (exact) mass is 528 g/mol. The van der Waals surface area contributed by atoms with Crippen molar-refractivity contribution in [2.45, 2.75) is 19.0 Å². The molecule has 3 aromatic rings. The van der Waals surface area contributed by atoms with Crippen molar-refractivity contribution < 1.29 is 23.0 Å². The zero-order chi connectivity index (χ0) is 26.5. The van der Waals surface area contributed by atoms with Crippen molar-refractivity contribution in [1.82, 2.24) is 15.0 Å². The normalized spacial score (nSPS) is 16.7. The van der Waals surface area contributed by atoms with E-state index in [2.05, 4.69) is 20.9 Å². The van der Waals surface area contributed by atoms with Crippen LogP contribution >= 0.6 is 0 Å². The molecule has 38 heavy (non-hydrogen) atoms. The van der Waals surface area contributed by atoms with E-state index >= 15 is 0 Å². The molecular formula is C27H31F3N6O2. The highest BCUT2D eigenvalue weighted by atomic mass is 19.4. The fraction of sp³-hybridized carbons (Fsp3) is 0.444. The molecule has 5 rings (SSSR count). The predicted octanol–water partition coefficient (Wildman–Crippen LogP) is 3.65. The van der Waals surface area contributed by atoms with Crippen LogP contribution in [0, 0.1) is 0 Å². The van der Waals surface area contributed by atoms with Gasteiger partial charge in [0.1, 0.15) is 11.6 Å². The highest BCUT2D eigenvalue weighted by molar-refractivity contribution is 5.66. The standard InChI is InChI=1S/C27H31F3N6O2/c28-27(29,30)22-7-2-8-31-25(22)35-11-9-34(10-12-35)24-19-23(21-6-1-4-20(18-21)5-3-15-37)32-26(33-24)36-13-16-38-17-14-36/h1-2,4,6-8,18-19,37H,3,5,9-17H2. The molecule has 0 atom stereocenters. The van der Waals surface area contributed by atoms with Gasteiger partial charge in [-0.25, -0.2) is 9.97 Å². The Morgan fingerprint density at radius 1 is 0.868 bits per heavy atom. The number of aryl methyl sites for hydroxylation is 1. The van der Waals surface area contributed by atoms with Gasteiger partial charge in [-0.3, -0.25) is 0 Å². The molecule has 11 heteroatoms. The maximum absolute atomic E-state index is 13.5. The number of aliphatic hydroxyl groups is 1. The number of rotatable bonds is 7. The smallest absolute Gasteiger partial charge is 0.396 e. The summed E-state index contributed by atoms with van der Waals surface area (Å²) in [7, 11) is 0. The first-order chi connectivity index (χ1) is 18.4. The van der Waals surface area contributed by atoms with Crippen LogP contribution in [0.1, 0.15) is 17.5 Å². The third-order valence-corrected chi connectivity index (χ3v) is 6.84. The van der Waals surface area contributed by atoms with E-state index in [1.54, 1.807) is 4.90 Å². The summed E-state index contributed by atoms with van der Waals surface area (Å²) in [6.07, 6.45) is -1.60. The van der Waals surface area contributed by atoms with Crippen molar-refractivity contribution in [1.29, 1.82) is 0 Å². The molecule has 0 unspecified atom stereocenters. The van der Waals surface area contributed by atoms with Crippen LogP contribution in [0.5, 0.6) is 0 Å². The summed E-state index contributed by atoms with van der Waals surface area (Å²) >= 11 is 0.